The maximum Gasteiger partial charge on any atom is 0.271 e. The van der Waals surface area contributed by atoms with Gasteiger partial charge in [-0.3, -0.25) is 14.9 Å². The van der Waals surface area contributed by atoms with Crippen LogP contribution in [0.25, 0.3) is 0 Å². The molecular formula is C13H7Cl2NO3. The number of hydrogen-bond donors (Lipinski definition) is 0. The summed E-state index contributed by atoms with van der Waals surface area (Å²) in [7, 11) is 0. The van der Waals surface area contributed by atoms with E-state index in [1.54, 1.807) is 24.3 Å². The number of ketones is 1. The zero-order valence-corrected chi connectivity index (χ0v) is 11.0. The molecule has 6 heteroatoms. The molecule has 0 saturated carbocycles. The number of hydrogen-bond acceptors (Lipinski definition) is 3. The monoisotopic (exact) mass is 295 g/mol. The van der Waals surface area contributed by atoms with Gasteiger partial charge < -0.3 is 0 Å². The zero-order chi connectivity index (χ0) is 14.0. The first-order valence-corrected chi connectivity index (χ1v) is 5.98. The number of nitro groups is 1. The highest BCUT2D eigenvalue weighted by Gasteiger charge is 2.15. The molecule has 0 atom stereocenters. The van der Waals surface area contributed by atoms with Crippen molar-refractivity contribution in [2.75, 3.05) is 0 Å². The molecule has 0 heterocycles. The topological polar surface area (TPSA) is 60.2 Å². The van der Waals surface area contributed by atoms with Crippen LogP contribution in [0, 0.1) is 10.1 Å². The molecule has 0 radical (unpaired) electrons. The summed E-state index contributed by atoms with van der Waals surface area (Å²) in [6, 6.07) is 10.0. The van der Waals surface area contributed by atoms with Gasteiger partial charge in [-0.25, -0.2) is 0 Å². The van der Waals surface area contributed by atoms with E-state index in [9.17, 15) is 14.9 Å². The Bertz CT molecular complexity index is 653. The van der Waals surface area contributed by atoms with Crippen LogP contribution in [0.1, 0.15) is 15.9 Å². The van der Waals surface area contributed by atoms with Crippen molar-refractivity contribution in [2.45, 2.75) is 0 Å². The van der Waals surface area contributed by atoms with Gasteiger partial charge in [0.25, 0.3) is 5.69 Å². The van der Waals surface area contributed by atoms with Crippen LogP contribution < -0.4 is 0 Å². The Hall–Kier alpha value is -1.91. The smallest absolute Gasteiger partial charge is 0.271 e. The Labute approximate surface area is 118 Å². The van der Waals surface area contributed by atoms with E-state index in [0.29, 0.717) is 10.6 Å². The zero-order valence-electron chi connectivity index (χ0n) is 9.47. The Balaban J connectivity index is 2.44. The van der Waals surface area contributed by atoms with Crippen LogP contribution in [0.15, 0.2) is 42.5 Å². The van der Waals surface area contributed by atoms with E-state index >= 15 is 0 Å². The summed E-state index contributed by atoms with van der Waals surface area (Å²) < 4.78 is 0. The molecule has 0 aliphatic rings. The van der Waals surface area contributed by atoms with Crippen molar-refractivity contribution in [3.05, 3.63) is 73.8 Å². The maximum absolute atomic E-state index is 12.2. The largest absolute Gasteiger partial charge is 0.289 e. The molecule has 0 spiro atoms. The van der Waals surface area contributed by atoms with Crippen molar-refractivity contribution >= 4 is 34.7 Å². The van der Waals surface area contributed by atoms with E-state index in [1.807, 2.05) is 0 Å². The first-order chi connectivity index (χ1) is 8.97. The average molecular weight is 296 g/mol. The SMILES string of the molecule is O=C(c1ccc(Cl)cc1)c1cc(Cl)cc([N+](=O)[O-])c1. The van der Waals surface area contributed by atoms with Gasteiger partial charge in [0.2, 0.25) is 0 Å². The van der Waals surface area contributed by atoms with E-state index < -0.39 is 4.92 Å². The lowest BCUT2D eigenvalue weighted by atomic mass is 10.0. The number of carbonyl (C=O) groups is 1. The molecule has 0 aliphatic carbocycles. The van der Waals surface area contributed by atoms with Crippen LogP contribution in [0.5, 0.6) is 0 Å². The summed E-state index contributed by atoms with van der Waals surface area (Å²) in [6.45, 7) is 0. The lowest BCUT2D eigenvalue weighted by Crippen LogP contribution is -2.02. The van der Waals surface area contributed by atoms with Gasteiger partial charge in [-0.05, 0) is 30.3 Å². The summed E-state index contributed by atoms with van der Waals surface area (Å²) in [5.41, 5.74) is 0.340. The lowest BCUT2D eigenvalue weighted by Gasteiger charge is -2.02. The van der Waals surface area contributed by atoms with Crippen LogP contribution in [-0.2, 0) is 0 Å². The summed E-state index contributed by atoms with van der Waals surface area (Å²) in [6.07, 6.45) is 0. The van der Waals surface area contributed by atoms with Gasteiger partial charge in [0.15, 0.2) is 5.78 Å². The molecule has 0 saturated heterocycles. The Morgan fingerprint density at radius 2 is 1.58 bits per heavy atom. The Morgan fingerprint density at radius 3 is 2.16 bits per heavy atom. The molecule has 96 valence electrons. The van der Waals surface area contributed by atoms with Crippen LogP contribution >= 0.6 is 23.2 Å². The molecule has 19 heavy (non-hydrogen) atoms. The van der Waals surface area contributed by atoms with E-state index in [0.717, 1.165) is 0 Å². The quantitative estimate of drug-likeness (QED) is 0.486. The van der Waals surface area contributed by atoms with E-state index in [-0.39, 0.29) is 22.1 Å². The molecule has 0 bridgehead atoms. The highest BCUT2D eigenvalue weighted by atomic mass is 35.5. The summed E-state index contributed by atoms with van der Waals surface area (Å²) in [5.74, 6) is -0.345. The van der Waals surface area contributed by atoms with Crippen LogP contribution in [0.4, 0.5) is 5.69 Å². The van der Waals surface area contributed by atoms with E-state index in [1.165, 1.54) is 18.2 Å². The highest BCUT2D eigenvalue weighted by Crippen LogP contribution is 2.23. The number of halogens is 2. The molecule has 0 fully saturated rings. The molecule has 2 aromatic carbocycles. The maximum atomic E-state index is 12.2. The van der Waals surface area contributed by atoms with Crippen LogP contribution in [0.3, 0.4) is 0 Å². The third kappa shape index (κ3) is 3.10. The van der Waals surface area contributed by atoms with Crippen molar-refractivity contribution in [3.8, 4) is 0 Å². The molecule has 4 nitrogen and oxygen atoms in total. The number of benzene rings is 2. The van der Waals surface area contributed by atoms with Gasteiger partial charge in [-0.2, -0.15) is 0 Å². The summed E-state index contributed by atoms with van der Waals surface area (Å²) >= 11 is 11.5. The molecule has 0 aromatic heterocycles. The number of rotatable bonds is 3. The summed E-state index contributed by atoms with van der Waals surface area (Å²) in [5, 5.41) is 11.4. The molecular weight excluding hydrogens is 289 g/mol. The molecule has 2 aromatic rings. The third-order valence-electron chi connectivity index (χ3n) is 2.46. The standard InChI is InChI=1S/C13H7Cl2NO3/c14-10-3-1-8(2-4-10)13(17)9-5-11(15)7-12(6-9)16(18)19/h1-7H. The second kappa shape index (κ2) is 5.38. The normalized spacial score (nSPS) is 10.2. The molecule has 0 N–H and O–H groups in total. The van der Waals surface area contributed by atoms with Crippen molar-refractivity contribution in [1.82, 2.24) is 0 Å². The fourth-order valence-electron chi connectivity index (χ4n) is 1.58. The van der Waals surface area contributed by atoms with Gasteiger partial charge >= 0.3 is 0 Å². The van der Waals surface area contributed by atoms with E-state index in [2.05, 4.69) is 0 Å². The van der Waals surface area contributed by atoms with Crippen molar-refractivity contribution in [3.63, 3.8) is 0 Å². The number of non-ortho nitro benzene ring substituents is 1. The first kappa shape index (κ1) is 13.5. The summed E-state index contributed by atoms with van der Waals surface area (Å²) in [4.78, 5) is 22.3. The third-order valence-corrected chi connectivity index (χ3v) is 2.93. The average Bonchev–Trinajstić information content (AvgIpc) is 2.38. The molecule has 0 unspecified atom stereocenters. The fourth-order valence-corrected chi connectivity index (χ4v) is 1.93. The van der Waals surface area contributed by atoms with Crippen molar-refractivity contribution in [2.24, 2.45) is 0 Å². The minimum Gasteiger partial charge on any atom is -0.289 e. The Kier molecular flexibility index (Phi) is 3.83. The van der Waals surface area contributed by atoms with Gasteiger partial charge in [0, 0.05) is 33.3 Å². The second-order valence-electron chi connectivity index (χ2n) is 3.79. The van der Waals surface area contributed by atoms with Gasteiger partial charge in [0.1, 0.15) is 0 Å². The highest BCUT2D eigenvalue weighted by molar-refractivity contribution is 6.31. The van der Waals surface area contributed by atoms with E-state index in [4.69, 9.17) is 23.2 Å². The molecule has 0 aliphatic heterocycles. The van der Waals surface area contributed by atoms with Crippen LogP contribution in [-0.4, -0.2) is 10.7 Å². The van der Waals surface area contributed by atoms with Gasteiger partial charge in [-0.15, -0.1) is 0 Å². The lowest BCUT2D eigenvalue weighted by molar-refractivity contribution is -0.384. The molecule has 2 rings (SSSR count). The van der Waals surface area contributed by atoms with Crippen molar-refractivity contribution < 1.29 is 9.72 Å². The van der Waals surface area contributed by atoms with Gasteiger partial charge in [-0.1, -0.05) is 23.2 Å². The van der Waals surface area contributed by atoms with Crippen molar-refractivity contribution in [1.29, 1.82) is 0 Å². The Morgan fingerprint density at radius 1 is 0.947 bits per heavy atom. The number of nitrogens with zero attached hydrogens (tertiary/aromatic N) is 1. The first-order valence-electron chi connectivity index (χ1n) is 5.22. The predicted octanol–water partition coefficient (Wildman–Crippen LogP) is 4.13. The minimum absolute atomic E-state index is 0.145. The minimum atomic E-state index is -0.593. The second-order valence-corrected chi connectivity index (χ2v) is 4.66. The van der Waals surface area contributed by atoms with Crippen LogP contribution in [0.2, 0.25) is 10.0 Å². The predicted molar refractivity (Wildman–Crippen MR) is 73.0 cm³/mol. The number of carbonyl (C=O) groups excluding carboxylic acids is 1. The fraction of sp³-hybridized carbons (Fsp3) is 0. The van der Waals surface area contributed by atoms with Gasteiger partial charge in [0.05, 0.1) is 4.92 Å². The number of nitro benzene ring substituents is 1. The molecule has 0 amide bonds.